The number of rotatable bonds is 11. The molecule has 0 aliphatic carbocycles. The number of hydrogen-bond donors (Lipinski definition) is 0. The van der Waals surface area contributed by atoms with E-state index in [9.17, 15) is 0 Å². The molecular formula is C21H34OSn. The fourth-order valence-electron chi connectivity index (χ4n) is 2.97. The Morgan fingerprint density at radius 1 is 0.826 bits per heavy atom. The van der Waals surface area contributed by atoms with Crippen molar-refractivity contribution in [1.82, 2.24) is 0 Å². The zero-order valence-corrected chi connectivity index (χ0v) is 18.2. The molecule has 0 saturated carbocycles. The Morgan fingerprint density at radius 3 is 1.83 bits per heavy atom. The van der Waals surface area contributed by atoms with Crippen LogP contribution >= 0.6 is 0 Å². The van der Waals surface area contributed by atoms with Crippen LogP contribution in [0.4, 0.5) is 0 Å². The molecule has 0 aliphatic rings. The monoisotopic (exact) mass is 422 g/mol. The van der Waals surface area contributed by atoms with E-state index < -0.39 is 18.4 Å². The average molecular weight is 421 g/mol. The summed E-state index contributed by atoms with van der Waals surface area (Å²) < 4.78 is 14.0. The molecule has 1 aromatic carbocycles. The van der Waals surface area contributed by atoms with Gasteiger partial charge < -0.3 is 0 Å². The first-order valence-corrected chi connectivity index (χ1v) is 16.9. The van der Waals surface area contributed by atoms with Gasteiger partial charge in [-0.25, -0.2) is 0 Å². The molecule has 0 radical (unpaired) electrons. The maximum absolute atomic E-state index is 5.77. The predicted octanol–water partition coefficient (Wildman–Crippen LogP) is 6.46. The summed E-state index contributed by atoms with van der Waals surface area (Å²) in [4.78, 5) is 0. The first-order valence-electron chi connectivity index (χ1n) is 9.44. The van der Waals surface area contributed by atoms with Crippen LogP contribution in [0.5, 0.6) is 5.75 Å². The molecule has 0 saturated heterocycles. The van der Waals surface area contributed by atoms with Gasteiger partial charge in [0.2, 0.25) is 0 Å². The van der Waals surface area contributed by atoms with Crippen LogP contribution in [0.1, 0.15) is 59.3 Å². The number of unbranched alkanes of at least 4 members (excludes halogenated alkanes) is 3. The van der Waals surface area contributed by atoms with Crippen LogP contribution < -0.4 is 4.74 Å². The summed E-state index contributed by atoms with van der Waals surface area (Å²) in [6.07, 6.45) is 8.03. The SMILES string of the molecule is CCC[CH2][Sn]([C]#CCOc1ccccc1)([CH2]CCC)[CH2]CCC. The number of ether oxygens (including phenoxy) is 1. The summed E-state index contributed by atoms with van der Waals surface area (Å²) in [6, 6.07) is 10.0. The van der Waals surface area contributed by atoms with Crippen LogP contribution in [0.3, 0.4) is 0 Å². The molecule has 0 heterocycles. The van der Waals surface area contributed by atoms with Crippen LogP contribution in [0, 0.1) is 9.86 Å². The summed E-state index contributed by atoms with van der Waals surface area (Å²) in [5.41, 5.74) is 0. The average Bonchev–Trinajstić information content (AvgIpc) is 2.60. The molecule has 0 atom stereocenters. The zero-order chi connectivity index (χ0) is 16.8. The van der Waals surface area contributed by atoms with Gasteiger partial charge >= 0.3 is 148 Å². The van der Waals surface area contributed by atoms with Gasteiger partial charge in [0.05, 0.1) is 0 Å². The third-order valence-corrected chi connectivity index (χ3v) is 17.7. The Labute approximate surface area is 148 Å². The number of para-hydroxylation sites is 1. The third kappa shape index (κ3) is 8.70. The molecule has 0 N–H and O–H groups in total. The normalized spacial score (nSPS) is 10.9. The fourth-order valence-corrected chi connectivity index (χ4v) is 16.3. The fraction of sp³-hybridized carbons (Fsp3) is 0.619. The third-order valence-electron chi connectivity index (χ3n) is 4.43. The topological polar surface area (TPSA) is 9.23 Å². The van der Waals surface area contributed by atoms with Crippen molar-refractivity contribution in [3.8, 4) is 15.6 Å². The van der Waals surface area contributed by atoms with Crippen molar-refractivity contribution in [2.75, 3.05) is 6.61 Å². The predicted molar refractivity (Wildman–Crippen MR) is 105 cm³/mol. The molecule has 0 aromatic heterocycles. The quantitative estimate of drug-likeness (QED) is 0.295. The van der Waals surface area contributed by atoms with Crippen LogP contribution in [0.15, 0.2) is 30.3 Å². The van der Waals surface area contributed by atoms with Crippen LogP contribution in [0.25, 0.3) is 0 Å². The standard InChI is InChI=1S/C9H7O.3C4H9.Sn/c1-2-8-10-9-6-4-3-5-7-9;3*1-3-4-2;/h3-7H,8H2;3*1,3-4H2,2H3;. The number of benzene rings is 1. The van der Waals surface area contributed by atoms with E-state index in [1.807, 2.05) is 30.3 Å². The maximum atomic E-state index is 5.77. The molecular weight excluding hydrogens is 387 g/mol. The van der Waals surface area contributed by atoms with Gasteiger partial charge in [0.1, 0.15) is 0 Å². The summed E-state index contributed by atoms with van der Waals surface area (Å²) in [7, 11) is 0. The second kappa shape index (κ2) is 12.8. The second-order valence-electron chi connectivity index (χ2n) is 6.49. The molecule has 1 nitrogen and oxygen atoms in total. The molecule has 0 aliphatic heterocycles. The number of hydrogen-bond acceptors (Lipinski definition) is 1. The van der Waals surface area contributed by atoms with Crippen molar-refractivity contribution >= 4 is 18.4 Å². The molecule has 0 fully saturated rings. The van der Waals surface area contributed by atoms with Crippen LogP contribution in [-0.2, 0) is 0 Å². The van der Waals surface area contributed by atoms with Gasteiger partial charge in [-0.15, -0.1) is 0 Å². The van der Waals surface area contributed by atoms with Crippen molar-refractivity contribution in [3.05, 3.63) is 30.3 Å². The minimum absolute atomic E-state index is 0.549. The molecule has 0 amide bonds. The summed E-state index contributed by atoms with van der Waals surface area (Å²) >= 11 is -2.28. The Kier molecular flexibility index (Phi) is 11.3. The van der Waals surface area contributed by atoms with E-state index in [0.717, 1.165) is 5.75 Å². The summed E-state index contributed by atoms with van der Waals surface area (Å²) in [6.45, 7) is 7.47. The van der Waals surface area contributed by atoms with Crippen molar-refractivity contribution in [2.24, 2.45) is 0 Å². The Balaban J connectivity index is 2.69. The van der Waals surface area contributed by atoms with Crippen LogP contribution in [-0.4, -0.2) is 25.0 Å². The minimum atomic E-state index is -2.28. The first-order chi connectivity index (χ1) is 11.3. The Morgan fingerprint density at radius 2 is 1.35 bits per heavy atom. The molecule has 23 heavy (non-hydrogen) atoms. The van der Waals surface area contributed by atoms with Crippen LogP contribution in [0.2, 0.25) is 13.3 Å². The van der Waals surface area contributed by atoms with E-state index >= 15 is 0 Å². The molecule has 0 spiro atoms. The van der Waals surface area contributed by atoms with Gasteiger partial charge in [0.15, 0.2) is 0 Å². The summed E-state index contributed by atoms with van der Waals surface area (Å²) in [5.74, 6) is 4.35. The van der Waals surface area contributed by atoms with Gasteiger partial charge in [-0.2, -0.15) is 0 Å². The molecule has 128 valence electrons. The van der Waals surface area contributed by atoms with E-state index in [1.165, 1.54) is 51.8 Å². The van der Waals surface area contributed by atoms with E-state index in [4.69, 9.17) is 4.74 Å². The van der Waals surface area contributed by atoms with Crippen molar-refractivity contribution in [2.45, 2.75) is 72.6 Å². The molecule has 0 unspecified atom stereocenters. The summed E-state index contributed by atoms with van der Waals surface area (Å²) in [5, 5.41) is 0. The second-order valence-corrected chi connectivity index (χ2v) is 18.8. The van der Waals surface area contributed by atoms with Gasteiger partial charge in [0.25, 0.3) is 0 Å². The zero-order valence-electron chi connectivity index (χ0n) is 15.4. The van der Waals surface area contributed by atoms with Gasteiger partial charge in [-0.05, 0) is 0 Å². The Bertz CT molecular complexity index is 436. The van der Waals surface area contributed by atoms with E-state index in [2.05, 4.69) is 30.6 Å². The van der Waals surface area contributed by atoms with Crippen molar-refractivity contribution in [3.63, 3.8) is 0 Å². The van der Waals surface area contributed by atoms with Gasteiger partial charge in [-0.1, -0.05) is 0 Å². The van der Waals surface area contributed by atoms with Gasteiger partial charge in [-0.3, -0.25) is 0 Å². The molecule has 2 heteroatoms. The Hall–Kier alpha value is -0.621. The van der Waals surface area contributed by atoms with E-state index in [1.54, 1.807) is 0 Å². The van der Waals surface area contributed by atoms with Crippen molar-refractivity contribution in [1.29, 1.82) is 0 Å². The molecule has 1 rings (SSSR count). The van der Waals surface area contributed by atoms with E-state index in [-0.39, 0.29) is 0 Å². The van der Waals surface area contributed by atoms with Crippen molar-refractivity contribution < 1.29 is 4.74 Å². The van der Waals surface area contributed by atoms with E-state index in [0.29, 0.717) is 6.61 Å². The molecule has 0 bridgehead atoms. The van der Waals surface area contributed by atoms with Gasteiger partial charge in [0, 0.05) is 0 Å². The first kappa shape index (κ1) is 20.4. The molecule has 1 aromatic rings.